The van der Waals surface area contributed by atoms with E-state index in [0.717, 1.165) is 23.5 Å². The predicted molar refractivity (Wildman–Crippen MR) is 267 cm³/mol. The quantitative estimate of drug-likeness (QED) is 0.119. The highest BCUT2D eigenvalue weighted by Gasteiger charge is 2.19. The van der Waals surface area contributed by atoms with Gasteiger partial charge in [-0.25, -0.2) is 0 Å². The van der Waals surface area contributed by atoms with Gasteiger partial charge in [-0.3, -0.25) is 0 Å². The fourth-order valence-electron chi connectivity index (χ4n) is 8.83. The van der Waals surface area contributed by atoms with Crippen LogP contribution in [-0.4, -0.2) is 0 Å². The molecule has 1 heteroatoms. The van der Waals surface area contributed by atoms with E-state index in [4.69, 9.17) is 0 Å². The molecule has 0 amide bonds. The molecule has 300 valence electrons. The third-order valence-corrected chi connectivity index (χ3v) is 12.1. The minimum atomic E-state index is 0.217. The van der Waals surface area contributed by atoms with Crippen molar-refractivity contribution >= 4 is 17.1 Å². The van der Waals surface area contributed by atoms with Gasteiger partial charge in [0, 0.05) is 23.0 Å². The highest BCUT2D eigenvalue weighted by atomic mass is 15.1. The molecule has 0 aliphatic carbocycles. The summed E-state index contributed by atoms with van der Waals surface area (Å²) in [6, 6.07) is 96.7. The van der Waals surface area contributed by atoms with Crippen LogP contribution in [0.4, 0.5) is 17.1 Å². The fourth-order valence-corrected chi connectivity index (χ4v) is 8.83. The normalized spacial score (nSPS) is 11.5. The van der Waals surface area contributed by atoms with Gasteiger partial charge in [-0.15, -0.1) is 0 Å². The van der Waals surface area contributed by atoms with Gasteiger partial charge in [-0.05, 0) is 115 Å². The molecule has 10 rings (SSSR count). The van der Waals surface area contributed by atoms with Crippen molar-refractivity contribution in [3.8, 4) is 55.6 Å². The van der Waals surface area contributed by atoms with Gasteiger partial charge < -0.3 is 4.90 Å². The Balaban J connectivity index is 1.01. The van der Waals surface area contributed by atoms with Crippen LogP contribution in [0.15, 0.2) is 267 Å². The Morgan fingerprint density at radius 1 is 0.254 bits per heavy atom. The lowest BCUT2D eigenvalue weighted by Gasteiger charge is -2.27. The molecule has 1 unspecified atom stereocenters. The molecule has 0 bridgehead atoms. The molecule has 0 aromatic heterocycles. The second kappa shape index (κ2) is 18.3. The molecule has 10 aromatic carbocycles. The summed E-state index contributed by atoms with van der Waals surface area (Å²) in [4.78, 5) is 2.37. The summed E-state index contributed by atoms with van der Waals surface area (Å²) in [5.74, 6) is 0.217. The van der Waals surface area contributed by atoms with E-state index in [-0.39, 0.29) is 5.92 Å². The van der Waals surface area contributed by atoms with Crippen molar-refractivity contribution in [2.24, 2.45) is 0 Å². The van der Waals surface area contributed by atoms with Crippen LogP contribution in [0.25, 0.3) is 55.6 Å². The van der Waals surface area contributed by atoms with Crippen molar-refractivity contribution in [3.05, 3.63) is 284 Å². The second-order valence-electron chi connectivity index (χ2n) is 16.1. The Labute approximate surface area is 371 Å². The first kappa shape index (κ1) is 39.2. The van der Waals surface area contributed by atoms with Gasteiger partial charge in [-0.1, -0.05) is 231 Å². The summed E-state index contributed by atoms with van der Waals surface area (Å²) in [5, 5.41) is 0. The number of anilines is 3. The topological polar surface area (TPSA) is 3.24 Å². The van der Waals surface area contributed by atoms with Gasteiger partial charge in [-0.2, -0.15) is 0 Å². The van der Waals surface area contributed by atoms with E-state index in [2.05, 4.69) is 272 Å². The van der Waals surface area contributed by atoms with Crippen molar-refractivity contribution in [1.82, 2.24) is 0 Å². The van der Waals surface area contributed by atoms with Crippen molar-refractivity contribution in [3.63, 3.8) is 0 Å². The minimum Gasteiger partial charge on any atom is -0.310 e. The maximum absolute atomic E-state index is 2.37. The monoisotopic (exact) mass is 805 g/mol. The molecule has 0 spiro atoms. The maximum atomic E-state index is 2.37. The summed E-state index contributed by atoms with van der Waals surface area (Å²) in [5.41, 5.74) is 19.3. The van der Waals surface area contributed by atoms with Crippen LogP contribution in [0.5, 0.6) is 0 Å². The summed E-state index contributed by atoms with van der Waals surface area (Å²) < 4.78 is 0. The molecule has 1 nitrogen and oxygen atoms in total. The van der Waals surface area contributed by atoms with Gasteiger partial charge in [0.25, 0.3) is 0 Å². The highest BCUT2D eigenvalue weighted by molar-refractivity contribution is 5.89. The number of nitrogens with zero attached hydrogens (tertiary/aromatic N) is 1. The molecule has 0 saturated heterocycles. The standard InChI is InChI=1S/C62H47N/c1-6-17-47(18-7-1)50-33-37-57(38-34-50)63(58-39-35-51(36-40-58)48-19-8-2-9-20-48)59-41-42-60(62(45-59)53-25-14-5-15-26-53)54-31-29-46(30-32-54)43-61(52-23-12-4-13-24-52)56-28-16-27-55(44-56)49-21-10-3-11-22-49/h1-42,44-45,61H,43H2. The number of rotatable bonds is 12. The second-order valence-corrected chi connectivity index (χ2v) is 16.1. The van der Waals surface area contributed by atoms with Gasteiger partial charge in [0.05, 0.1) is 0 Å². The van der Waals surface area contributed by atoms with Crippen LogP contribution in [0.2, 0.25) is 0 Å². The molecule has 0 aliphatic heterocycles. The van der Waals surface area contributed by atoms with E-state index >= 15 is 0 Å². The molecule has 0 fully saturated rings. The Hall–Kier alpha value is -8.00. The molecule has 10 aromatic rings. The molecule has 0 heterocycles. The first-order valence-corrected chi connectivity index (χ1v) is 21.8. The van der Waals surface area contributed by atoms with E-state index in [1.165, 1.54) is 72.3 Å². The van der Waals surface area contributed by atoms with E-state index in [1.54, 1.807) is 0 Å². The summed E-state index contributed by atoms with van der Waals surface area (Å²) in [7, 11) is 0. The molecular formula is C62H47N. The largest absolute Gasteiger partial charge is 0.310 e. The molecule has 1 atom stereocenters. The highest BCUT2D eigenvalue weighted by Crippen LogP contribution is 2.42. The lowest BCUT2D eigenvalue weighted by atomic mass is 9.84. The van der Waals surface area contributed by atoms with Crippen molar-refractivity contribution in [2.75, 3.05) is 4.90 Å². The SMILES string of the molecule is c1ccc(-c2ccc(N(c3ccc(-c4ccccc4)cc3)c3ccc(-c4ccc(CC(c5ccccc5)c5cccc(-c6ccccc6)c5)cc4)c(-c4ccccc4)c3)cc2)cc1. The smallest absolute Gasteiger partial charge is 0.0468 e. The zero-order valence-corrected chi connectivity index (χ0v) is 35.1. The van der Waals surface area contributed by atoms with Gasteiger partial charge in [0.15, 0.2) is 0 Å². The zero-order chi connectivity index (χ0) is 42.2. The van der Waals surface area contributed by atoms with Crippen LogP contribution >= 0.6 is 0 Å². The van der Waals surface area contributed by atoms with Crippen LogP contribution in [-0.2, 0) is 6.42 Å². The Bertz CT molecular complexity index is 2930. The molecule has 63 heavy (non-hydrogen) atoms. The Morgan fingerprint density at radius 3 is 1.16 bits per heavy atom. The first-order valence-electron chi connectivity index (χ1n) is 21.8. The van der Waals surface area contributed by atoms with E-state index in [1.807, 2.05) is 0 Å². The lowest BCUT2D eigenvalue weighted by Crippen LogP contribution is -2.10. The van der Waals surface area contributed by atoms with E-state index in [9.17, 15) is 0 Å². The van der Waals surface area contributed by atoms with Crippen LogP contribution in [0.1, 0.15) is 22.6 Å². The van der Waals surface area contributed by atoms with E-state index in [0.29, 0.717) is 0 Å². The third kappa shape index (κ3) is 8.77. The summed E-state index contributed by atoms with van der Waals surface area (Å²) in [6.45, 7) is 0. The summed E-state index contributed by atoms with van der Waals surface area (Å²) >= 11 is 0. The average molecular weight is 806 g/mol. The average Bonchev–Trinajstić information content (AvgIpc) is 3.38. The van der Waals surface area contributed by atoms with Crippen LogP contribution in [0, 0.1) is 0 Å². The van der Waals surface area contributed by atoms with Gasteiger partial charge in [0.1, 0.15) is 0 Å². The van der Waals surface area contributed by atoms with Gasteiger partial charge in [0.2, 0.25) is 0 Å². The lowest BCUT2D eigenvalue weighted by molar-refractivity contribution is 0.805. The minimum absolute atomic E-state index is 0.217. The maximum Gasteiger partial charge on any atom is 0.0468 e. The first-order chi connectivity index (χ1) is 31.2. The van der Waals surface area contributed by atoms with Crippen LogP contribution < -0.4 is 4.90 Å². The zero-order valence-electron chi connectivity index (χ0n) is 35.1. The number of hydrogen-bond donors (Lipinski definition) is 0. The molecular weight excluding hydrogens is 759 g/mol. The molecule has 0 radical (unpaired) electrons. The van der Waals surface area contributed by atoms with Crippen molar-refractivity contribution in [2.45, 2.75) is 12.3 Å². The van der Waals surface area contributed by atoms with Crippen molar-refractivity contribution < 1.29 is 0 Å². The number of hydrogen-bond acceptors (Lipinski definition) is 1. The fraction of sp³-hybridized carbons (Fsp3) is 0.0323. The Morgan fingerprint density at radius 2 is 0.635 bits per heavy atom. The summed E-state index contributed by atoms with van der Waals surface area (Å²) in [6.07, 6.45) is 0.897. The Kier molecular flexibility index (Phi) is 11.4. The predicted octanol–water partition coefficient (Wildman–Crippen LogP) is 16.9. The number of benzene rings is 10. The molecule has 0 aliphatic rings. The van der Waals surface area contributed by atoms with E-state index < -0.39 is 0 Å². The van der Waals surface area contributed by atoms with Gasteiger partial charge >= 0.3 is 0 Å². The van der Waals surface area contributed by atoms with Crippen molar-refractivity contribution in [1.29, 1.82) is 0 Å². The third-order valence-electron chi connectivity index (χ3n) is 12.1. The molecule has 0 saturated carbocycles. The molecule has 0 N–H and O–H groups in total. The van der Waals surface area contributed by atoms with Crippen LogP contribution in [0.3, 0.4) is 0 Å².